The summed E-state index contributed by atoms with van der Waals surface area (Å²) in [5.41, 5.74) is 5.13. The Balaban J connectivity index is 1.30. The molecule has 0 unspecified atom stereocenters. The van der Waals surface area contributed by atoms with E-state index in [1.54, 1.807) is 22.7 Å². The number of thiazole rings is 1. The van der Waals surface area contributed by atoms with Crippen LogP contribution in [0, 0.1) is 0 Å². The zero-order valence-corrected chi connectivity index (χ0v) is 24.2. The summed E-state index contributed by atoms with van der Waals surface area (Å²) in [6.45, 7) is 0. The molecule has 0 atom stereocenters. The summed E-state index contributed by atoms with van der Waals surface area (Å²) in [7, 11) is 1.99. The van der Waals surface area contributed by atoms with Gasteiger partial charge >= 0.3 is 0 Å². The lowest BCUT2D eigenvalue weighted by Crippen LogP contribution is -2.14. The van der Waals surface area contributed by atoms with Crippen LogP contribution in [0.5, 0.6) is 0 Å². The Morgan fingerprint density at radius 2 is 1.29 bits per heavy atom. The van der Waals surface area contributed by atoms with E-state index in [9.17, 15) is 0 Å². The van der Waals surface area contributed by atoms with Gasteiger partial charge in [0.05, 0.1) is 10.2 Å². The van der Waals surface area contributed by atoms with Gasteiger partial charge in [-0.1, -0.05) is 84.9 Å². The number of nitrogens with zero attached hydrogens (tertiary/aromatic N) is 5. The van der Waals surface area contributed by atoms with Crippen LogP contribution in [0.1, 0.15) is 0 Å². The molecule has 5 aromatic carbocycles. The van der Waals surface area contributed by atoms with Gasteiger partial charge in [0.2, 0.25) is 5.95 Å². The maximum atomic E-state index is 5.03. The maximum Gasteiger partial charge on any atom is 0.233 e. The van der Waals surface area contributed by atoms with Crippen molar-refractivity contribution in [1.29, 1.82) is 0 Å². The summed E-state index contributed by atoms with van der Waals surface area (Å²) >= 11 is 3.52. The first-order valence-electron chi connectivity index (χ1n) is 13.6. The van der Waals surface area contributed by atoms with Gasteiger partial charge < -0.3 is 4.90 Å². The molecule has 0 aliphatic carbocycles. The van der Waals surface area contributed by atoms with Gasteiger partial charge in [0.1, 0.15) is 5.01 Å². The zero-order valence-electron chi connectivity index (χ0n) is 22.6. The van der Waals surface area contributed by atoms with E-state index in [2.05, 4.69) is 66.7 Å². The molecule has 3 aromatic heterocycles. The SMILES string of the molecule is CN(c1ccccc1)c1nc(-c2ccccc2)nc(-c2cccc3sc4cc(-c5nc6ccccc6s5)ccc4c23)n1. The fourth-order valence-electron chi connectivity index (χ4n) is 5.26. The average Bonchev–Trinajstić information content (AvgIpc) is 3.66. The van der Waals surface area contributed by atoms with Crippen molar-refractivity contribution in [2.75, 3.05) is 11.9 Å². The smallest absolute Gasteiger partial charge is 0.233 e. The van der Waals surface area contributed by atoms with E-state index in [0.717, 1.165) is 38.3 Å². The van der Waals surface area contributed by atoms with Crippen LogP contribution in [0.25, 0.3) is 63.7 Å². The average molecular weight is 578 g/mol. The van der Waals surface area contributed by atoms with Crippen molar-refractivity contribution >= 4 is 64.7 Å². The number of rotatable bonds is 5. The first kappa shape index (κ1) is 24.8. The molecule has 0 aliphatic heterocycles. The third-order valence-electron chi connectivity index (χ3n) is 7.38. The van der Waals surface area contributed by atoms with Gasteiger partial charge in [-0.05, 0) is 36.4 Å². The minimum Gasteiger partial charge on any atom is -0.313 e. The van der Waals surface area contributed by atoms with E-state index in [1.807, 2.05) is 66.5 Å². The second-order valence-electron chi connectivity index (χ2n) is 10.0. The monoisotopic (exact) mass is 577 g/mol. The normalized spacial score (nSPS) is 11.5. The predicted molar refractivity (Wildman–Crippen MR) is 177 cm³/mol. The molecule has 7 heteroatoms. The lowest BCUT2D eigenvalue weighted by atomic mass is 10.0. The standard InChI is InChI=1S/C35H23N5S2/c1-40(24-13-6-3-7-14-24)35-38-32(22-11-4-2-5-12-22)37-33(39-35)26-15-10-18-29-31(26)25-20-19-23(21-30(25)41-29)34-36-27-16-8-9-17-28(27)42-34/h2-21H,1H3. The van der Waals surface area contributed by atoms with E-state index in [0.29, 0.717) is 17.6 Å². The first-order chi connectivity index (χ1) is 20.7. The van der Waals surface area contributed by atoms with Crippen LogP contribution < -0.4 is 4.90 Å². The van der Waals surface area contributed by atoms with Crippen LogP contribution in [-0.4, -0.2) is 27.0 Å². The molecule has 0 amide bonds. The number of anilines is 2. The summed E-state index contributed by atoms with van der Waals surface area (Å²) < 4.78 is 3.61. The van der Waals surface area contributed by atoms with Crippen molar-refractivity contribution < 1.29 is 0 Å². The van der Waals surface area contributed by atoms with Gasteiger partial charge in [-0.15, -0.1) is 22.7 Å². The second kappa shape index (κ2) is 10.1. The summed E-state index contributed by atoms with van der Waals surface area (Å²) in [6, 6.07) is 41.6. The molecule has 8 aromatic rings. The quantitative estimate of drug-likeness (QED) is 0.204. The molecular weight excluding hydrogens is 555 g/mol. The van der Waals surface area contributed by atoms with Crippen molar-refractivity contribution in [1.82, 2.24) is 19.9 Å². The number of hydrogen-bond donors (Lipinski definition) is 0. The van der Waals surface area contributed by atoms with Crippen molar-refractivity contribution in [3.8, 4) is 33.3 Å². The molecule has 0 radical (unpaired) electrons. The highest BCUT2D eigenvalue weighted by atomic mass is 32.1. The Morgan fingerprint density at radius 1 is 0.548 bits per heavy atom. The summed E-state index contributed by atoms with van der Waals surface area (Å²) in [5.74, 6) is 1.90. The summed E-state index contributed by atoms with van der Waals surface area (Å²) in [4.78, 5) is 21.9. The van der Waals surface area contributed by atoms with Crippen molar-refractivity contribution in [3.05, 3.63) is 121 Å². The van der Waals surface area contributed by atoms with Gasteiger partial charge in [-0.25, -0.2) is 9.97 Å². The fraction of sp³-hybridized carbons (Fsp3) is 0.0286. The van der Waals surface area contributed by atoms with Crippen LogP contribution in [0.15, 0.2) is 121 Å². The summed E-state index contributed by atoms with van der Waals surface area (Å²) in [6.07, 6.45) is 0. The minimum atomic E-state index is 0.597. The van der Waals surface area contributed by atoms with E-state index < -0.39 is 0 Å². The van der Waals surface area contributed by atoms with Crippen LogP contribution >= 0.6 is 22.7 Å². The molecule has 5 nitrogen and oxygen atoms in total. The Kier molecular flexibility index (Phi) is 5.98. The van der Waals surface area contributed by atoms with E-state index in [-0.39, 0.29) is 0 Å². The zero-order chi connectivity index (χ0) is 28.0. The van der Waals surface area contributed by atoms with Crippen LogP contribution in [0.3, 0.4) is 0 Å². The number of aromatic nitrogens is 4. The van der Waals surface area contributed by atoms with E-state index >= 15 is 0 Å². The molecule has 0 spiro atoms. The highest BCUT2D eigenvalue weighted by Gasteiger charge is 2.19. The van der Waals surface area contributed by atoms with Crippen molar-refractivity contribution in [2.45, 2.75) is 0 Å². The van der Waals surface area contributed by atoms with Crippen molar-refractivity contribution in [2.24, 2.45) is 0 Å². The summed E-state index contributed by atoms with van der Waals surface area (Å²) in [5, 5.41) is 3.39. The van der Waals surface area contributed by atoms with Gasteiger partial charge in [-0.2, -0.15) is 9.97 Å². The second-order valence-corrected chi connectivity index (χ2v) is 12.1. The molecule has 42 heavy (non-hydrogen) atoms. The maximum absolute atomic E-state index is 5.03. The number of benzene rings is 5. The first-order valence-corrected chi connectivity index (χ1v) is 15.3. The van der Waals surface area contributed by atoms with Crippen LogP contribution in [0.2, 0.25) is 0 Å². The topological polar surface area (TPSA) is 54.8 Å². The molecule has 0 fully saturated rings. The molecule has 0 saturated heterocycles. The lowest BCUT2D eigenvalue weighted by Gasteiger charge is -2.18. The third kappa shape index (κ3) is 4.31. The number of thiophene rings is 1. The molecule has 0 aliphatic rings. The molecule has 8 rings (SSSR count). The predicted octanol–water partition coefficient (Wildman–Crippen LogP) is 9.62. The number of para-hydroxylation sites is 2. The Bertz CT molecular complexity index is 2190. The van der Waals surface area contributed by atoms with Gasteiger partial charge in [0.15, 0.2) is 11.6 Å². The lowest BCUT2D eigenvalue weighted by molar-refractivity contribution is 1.000. The molecule has 0 bridgehead atoms. The molecule has 200 valence electrons. The fourth-order valence-corrected chi connectivity index (χ4v) is 7.39. The van der Waals surface area contributed by atoms with E-state index in [1.165, 1.54) is 19.5 Å². The highest BCUT2D eigenvalue weighted by molar-refractivity contribution is 7.26. The minimum absolute atomic E-state index is 0.597. The molecule has 0 saturated carbocycles. The van der Waals surface area contributed by atoms with Gasteiger partial charge in [-0.3, -0.25) is 0 Å². The Labute approximate surface area is 250 Å². The highest BCUT2D eigenvalue weighted by Crippen LogP contribution is 2.42. The number of hydrogen-bond acceptors (Lipinski definition) is 7. The molecule has 3 heterocycles. The van der Waals surface area contributed by atoms with Crippen molar-refractivity contribution in [3.63, 3.8) is 0 Å². The van der Waals surface area contributed by atoms with Gasteiger partial charge in [0, 0.05) is 49.6 Å². The number of fused-ring (bicyclic) bond motifs is 4. The van der Waals surface area contributed by atoms with E-state index in [4.69, 9.17) is 19.9 Å². The van der Waals surface area contributed by atoms with Crippen LogP contribution in [0.4, 0.5) is 11.6 Å². The van der Waals surface area contributed by atoms with Crippen LogP contribution in [-0.2, 0) is 0 Å². The Morgan fingerprint density at radius 3 is 2.12 bits per heavy atom. The third-order valence-corrected chi connectivity index (χ3v) is 9.58. The van der Waals surface area contributed by atoms with Gasteiger partial charge in [0.25, 0.3) is 0 Å². The Hall–Kier alpha value is -4.98. The largest absolute Gasteiger partial charge is 0.313 e. The molecule has 0 N–H and O–H groups in total. The molecular formula is C35H23N5S2.